The predicted molar refractivity (Wildman–Crippen MR) is 119 cm³/mol. The molecule has 0 aliphatic carbocycles. The Morgan fingerprint density at radius 2 is 1.66 bits per heavy atom. The highest BCUT2D eigenvalue weighted by molar-refractivity contribution is 6.00. The van der Waals surface area contributed by atoms with Gasteiger partial charge in [0.15, 0.2) is 0 Å². The van der Waals surface area contributed by atoms with Crippen molar-refractivity contribution in [2.45, 2.75) is 12.0 Å². The fourth-order valence-corrected chi connectivity index (χ4v) is 3.93. The number of hydrazone groups is 1. The van der Waals surface area contributed by atoms with E-state index in [4.69, 9.17) is 9.47 Å². The quantitative estimate of drug-likeness (QED) is 0.595. The Balaban J connectivity index is 1.86. The largest absolute Gasteiger partial charge is 0.497 e. The smallest absolute Gasteiger partial charge is 0.313 e. The zero-order valence-corrected chi connectivity index (χ0v) is 17.6. The Kier molecular flexibility index (Phi) is 5.89. The number of methoxy groups -OCH3 is 2. The van der Waals surface area contributed by atoms with Gasteiger partial charge in [-0.15, -0.1) is 0 Å². The van der Waals surface area contributed by atoms with Crippen molar-refractivity contribution >= 4 is 18.1 Å². The standard InChI is InChI=1S/C25H22N2O5/c1-31-18-9-5-7-16(13-18)15-26-27-23(17-8-6-10-19(14-17)32-2)22(25(29)30)20-11-3-4-12-21(20)24(27)28/h3-15,22-23H,1-2H3,(H,29,30)/b26-15+/t22-,23-/m0/s1. The number of nitrogens with zero attached hydrogens (tertiary/aromatic N) is 2. The Morgan fingerprint density at radius 3 is 2.38 bits per heavy atom. The van der Waals surface area contributed by atoms with Crippen molar-refractivity contribution in [3.63, 3.8) is 0 Å². The number of rotatable bonds is 6. The van der Waals surface area contributed by atoms with Crippen LogP contribution in [0.1, 0.15) is 39.0 Å². The zero-order valence-electron chi connectivity index (χ0n) is 17.6. The minimum Gasteiger partial charge on any atom is -0.497 e. The van der Waals surface area contributed by atoms with Gasteiger partial charge in [-0.05, 0) is 47.0 Å². The number of carbonyl (C=O) groups excluding carboxylic acids is 1. The van der Waals surface area contributed by atoms with Crippen LogP contribution in [0.15, 0.2) is 77.9 Å². The van der Waals surface area contributed by atoms with E-state index in [9.17, 15) is 14.7 Å². The number of ether oxygens (including phenoxy) is 2. The van der Waals surface area contributed by atoms with Gasteiger partial charge in [-0.2, -0.15) is 5.10 Å². The highest BCUT2D eigenvalue weighted by Gasteiger charge is 2.44. The summed E-state index contributed by atoms with van der Waals surface area (Å²) >= 11 is 0. The molecule has 32 heavy (non-hydrogen) atoms. The topological polar surface area (TPSA) is 88.4 Å². The van der Waals surface area contributed by atoms with Crippen LogP contribution in [0.2, 0.25) is 0 Å². The lowest BCUT2D eigenvalue weighted by Crippen LogP contribution is -2.42. The molecule has 0 saturated heterocycles. The first kappa shape index (κ1) is 21.1. The highest BCUT2D eigenvalue weighted by Crippen LogP contribution is 2.43. The number of benzene rings is 3. The summed E-state index contributed by atoms with van der Waals surface area (Å²) in [5.74, 6) is -1.20. The molecule has 1 heterocycles. The Labute approximate surface area is 185 Å². The van der Waals surface area contributed by atoms with Crippen LogP contribution in [-0.2, 0) is 4.79 Å². The maximum Gasteiger partial charge on any atom is 0.313 e. The van der Waals surface area contributed by atoms with Gasteiger partial charge in [0.1, 0.15) is 17.4 Å². The SMILES string of the molecule is COc1cccc(/C=N/N2C(=O)c3ccccc3[C@H](C(=O)O)[C@@H]2c2cccc(OC)c2)c1. The van der Waals surface area contributed by atoms with Gasteiger partial charge < -0.3 is 14.6 Å². The zero-order chi connectivity index (χ0) is 22.7. The lowest BCUT2D eigenvalue weighted by Gasteiger charge is -2.37. The molecule has 0 saturated carbocycles. The number of aliphatic carboxylic acids is 1. The fraction of sp³-hybridized carbons (Fsp3) is 0.160. The van der Waals surface area contributed by atoms with Crippen molar-refractivity contribution in [2.24, 2.45) is 5.10 Å². The Bertz CT molecular complexity index is 1190. The molecule has 0 unspecified atom stereocenters. The summed E-state index contributed by atoms with van der Waals surface area (Å²) in [4.78, 5) is 25.9. The van der Waals surface area contributed by atoms with Crippen molar-refractivity contribution in [3.8, 4) is 11.5 Å². The van der Waals surface area contributed by atoms with Crippen molar-refractivity contribution in [3.05, 3.63) is 95.1 Å². The van der Waals surface area contributed by atoms with Crippen LogP contribution < -0.4 is 9.47 Å². The maximum absolute atomic E-state index is 13.4. The van der Waals surface area contributed by atoms with E-state index in [1.807, 2.05) is 12.1 Å². The molecule has 1 aliphatic heterocycles. The van der Waals surface area contributed by atoms with Crippen molar-refractivity contribution in [1.29, 1.82) is 0 Å². The van der Waals surface area contributed by atoms with E-state index in [-0.39, 0.29) is 5.91 Å². The van der Waals surface area contributed by atoms with Crippen LogP contribution in [0.4, 0.5) is 0 Å². The van der Waals surface area contributed by atoms with Gasteiger partial charge in [0, 0.05) is 5.56 Å². The van der Waals surface area contributed by atoms with Crippen LogP contribution in [-0.4, -0.2) is 42.4 Å². The van der Waals surface area contributed by atoms with E-state index in [1.54, 1.807) is 67.8 Å². The summed E-state index contributed by atoms with van der Waals surface area (Å²) in [5, 5.41) is 15.9. The molecule has 1 aliphatic rings. The van der Waals surface area contributed by atoms with Crippen LogP contribution in [0, 0.1) is 0 Å². The number of amides is 1. The van der Waals surface area contributed by atoms with Gasteiger partial charge in [-0.1, -0.05) is 42.5 Å². The molecule has 0 fully saturated rings. The van der Waals surface area contributed by atoms with E-state index in [0.29, 0.717) is 33.8 Å². The normalized spacial score (nSPS) is 17.8. The minimum absolute atomic E-state index is 0.321. The van der Waals surface area contributed by atoms with E-state index in [2.05, 4.69) is 5.10 Å². The molecule has 4 rings (SSSR count). The molecule has 2 atom stereocenters. The van der Waals surface area contributed by atoms with Gasteiger partial charge in [0.2, 0.25) is 0 Å². The van der Waals surface area contributed by atoms with Gasteiger partial charge in [0.05, 0.1) is 26.5 Å². The van der Waals surface area contributed by atoms with Crippen LogP contribution in [0.3, 0.4) is 0 Å². The molecule has 1 amide bonds. The number of hydrogen-bond donors (Lipinski definition) is 1. The number of carboxylic acids is 1. The summed E-state index contributed by atoms with van der Waals surface area (Å²) in [7, 11) is 3.10. The second-order valence-electron chi connectivity index (χ2n) is 7.30. The first-order chi connectivity index (χ1) is 15.5. The van der Waals surface area contributed by atoms with Crippen molar-refractivity contribution < 1.29 is 24.2 Å². The highest BCUT2D eigenvalue weighted by atomic mass is 16.5. The molecule has 0 spiro atoms. The summed E-state index contributed by atoms with van der Waals surface area (Å²) in [6.07, 6.45) is 1.53. The number of carboxylic acid groups (broad SMARTS) is 1. The van der Waals surface area contributed by atoms with E-state index >= 15 is 0 Å². The second kappa shape index (κ2) is 8.93. The molecule has 3 aromatic rings. The van der Waals surface area contributed by atoms with E-state index in [0.717, 1.165) is 0 Å². The molecular weight excluding hydrogens is 408 g/mol. The monoisotopic (exact) mass is 430 g/mol. The third kappa shape index (κ3) is 3.92. The number of hydrogen-bond acceptors (Lipinski definition) is 5. The van der Waals surface area contributed by atoms with Gasteiger partial charge in [-0.3, -0.25) is 9.59 Å². The molecule has 0 bridgehead atoms. The molecule has 3 aromatic carbocycles. The number of fused-ring (bicyclic) bond motifs is 1. The summed E-state index contributed by atoms with van der Waals surface area (Å²) < 4.78 is 10.6. The Hall–Kier alpha value is -4.13. The summed E-state index contributed by atoms with van der Waals surface area (Å²) in [5.41, 5.74) is 2.11. The van der Waals surface area contributed by atoms with Crippen LogP contribution >= 0.6 is 0 Å². The van der Waals surface area contributed by atoms with Crippen LogP contribution in [0.25, 0.3) is 0 Å². The molecule has 162 valence electrons. The average Bonchev–Trinajstić information content (AvgIpc) is 2.83. The molecule has 1 N–H and O–H groups in total. The summed E-state index contributed by atoms with van der Waals surface area (Å²) in [6.45, 7) is 0. The van der Waals surface area contributed by atoms with Gasteiger partial charge in [0.25, 0.3) is 5.91 Å². The fourth-order valence-electron chi connectivity index (χ4n) is 3.93. The molecule has 0 aromatic heterocycles. The van der Waals surface area contributed by atoms with Crippen molar-refractivity contribution in [2.75, 3.05) is 14.2 Å². The Morgan fingerprint density at radius 1 is 0.969 bits per heavy atom. The lowest BCUT2D eigenvalue weighted by atomic mass is 9.80. The van der Waals surface area contributed by atoms with Gasteiger partial charge >= 0.3 is 5.97 Å². The second-order valence-corrected chi connectivity index (χ2v) is 7.30. The van der Waals surface area contributed by atoms with Crippen molar-refractivity contribution in [1.82, 2.24) is 5.01 Å². The molecule has 7 heteroatoms. The van der Waals surface area contributed by atoms with E-state index in [1.165, 1.54) is 18.3 Å². The van der Waals surface area contributed by atoms with Crippen LogP contribution in [0.5, 0.6) is 11.5 Å². The third-order valence-electron chi connectivity index (χ3n) is 5.44. The predicted octanol–water partition coefficient (Wildman–Crippen LogP) is 4.10. The molecule has 7 nitrogen and oxygen atoms in total. The summed E-state index contributed by atoms with van der Waals surface area (Å²) in [6, 6.07) is 20.2. The number of carbonyl (C=O) groups is 2. The minimum atomic E-state index is -1.04. The lowest BCUT2D eigenvalue weighted by molar-refractivity contribution is -0.140. The maximum atomic E-state index is 13.4. The van der Waals surface area contributed by atoms with Gasteiger partial charge in [-0.25, -0.2) is 5.01 Å². The first-order valence-electron chi connectivity index (χ1n) is 10.0. The molecule has 0 radical (unpaired) electrons. The molecular formula is C25H22N2O5. The first-order valence-corrected chi connectivity index (χ1v) is 10.0. The van der Waals surface area contributed by atoms with E-state index < -0.39 is 17.9 Å². The average molecular weight is 430 g/mol. The third-order valence-corrected chi connectivity index (χ3v) is 5.44.